The lowest BCUT2D eigenvalue weighted by Crippen LogP contribution is -2.62. The van der Waals surface area contributed by atoms with Crippen molar-refractivity contribution in [2.75, 3.05) is 34.4 Å². The Hall–Kier alpha value is -2.89. The van der Waals surface area contributed by atoms with Gasteiger partial charge in [0.1, 0.15) is 17.3 Å². The van der Waals surface area contributed by atoms with Crippen LogP contribution in [-0.4, -0.2) is 172 Å². The molecule has 3 saturated heterocycles. The molecule has 422 valence electrons. The lowest BCUT2D eigenvalue weighted by molar-refractivity contribution is -0.321. The zero-order valence-corrected chi connectivity index (χ0v) is 49.0. The van der Waals surface area contributed by atoms with Crippen molar-refractivity contribution in [3.63, 3.8) is 0 Å². The third-order valence-corrected chi connectivity index (χ3v) is 20.2. The SMILES string of the molecule is C=C(CO[C@]1(C)C[C@@H](C)/C(=N\OC(C)=O)[C@H](C)[C@@H](O)[C@](C)(O)[C@@H](CC)OC(=O)[C@H](C)[C@@H](OC2C[C@@](C)(OC)[C@@H](OC(C)=O)[C@H](C)O2)[C@H](C)[C@H]1O[C@@H]1O[C@H](C)C[C@H](N(C)C)[C@H]1OC(C)=O)CO[Si](C)(C)C(C)(C)C. The van der Waals surface area contributed by atoms with Crippen LogP contribution in [0.3, 0.4) is 0 Å². The zero-order valence-electron chi connectivity index (χ0n) is 48.0. The van der Waals surface area contributed by atoms with Gasteiger partial charge in [-0.05, 0) is 98.6 Å². The van der Waals surface area contributed by atoms with E-state index in [0.29, 0.717) is 12.0 Å². The number of carbonyl (C=O) groups excluding carboxylic acids is 4. The van der Waals surface area contributed by atoms with Crippen LogP contribution in [0, 0.1) is 23.7 Å². The first-order valence-electron chi connectivity index (χ1n) is 25.9. The Labute approximate surface area is 437 Å². The highest BCUT2D eigenvalue weighted by atomic mass is 28.4. The highest BCUT2D eigenvalue weighted by Gasteiger charge is 2.55. The van der Waals surface area contributed by atoms with Gasteiger partial charge in [0.2, 0.25) is 0 Å². The number of cyclic esters (lactones) is 1. The minimum absolute atomic E-state index is 0.0425. The predicted molar refractivity (Wildman–Crippen MR) is 276 cm³/mol. The van der Waals surface area contributed by atoms with Gasteiger partial charge in [-0.1, -0.05) is 60.2 Å². The number of methoxy groups -OCH3 is 1. The van der Waals surface area contributed by atoms with Gasteiger partial charge in [0.25, 0.3) is 0 Å². The van der Waals surface area contributed by atoms with Gasteiger partial charge in [-0.3, -0.25) is 14.4 Å². The molecule has 0 amide bonds. The number of esters is 3. The van der Waals surface area contributed by atoms with E-state index < -0.39 is 128 Å². The average Bonchev–Trinajstić information content (AvgIpc) is 3.27. The molecule has 0 aromatic heterocycles. The van der Waals surface area contributed by atoms with E-state index in [0.717, 1.165) is 0 Å². The number of aliphatic hydroxyl groups excluding tert-OH is 1. The van der Waals surface area contributed by atoms with E-state index in [1.54, 1.807) is 34.6 Å². The molecule has 0 radical (unpaired) electrons. The van der Waals surface area contributed by atoms with Crippen LogP contribution in [0.1, 0.15) is 136 Å². The third kappa shape index (κ3) is 16.3. The van der Waals surface area contributed by atoms with Gasteiger partial charge < -0.3 is 67.0 Å². The summed E-state index contributed by atoms with van der Waals surface area (Å²) >= 11 is 0. The van der Waals surface area contributed by atoms with Crippen LogP contribution in [0.2, 0.25) is 18.1 Å². The molecule has 0 aliphatic carbocycles. The first-order chi connectivity index (χ1) is 33.5. The summed E-state index contributed by atoms with van der Waals surface area (Å²) in [6.45, 7) is 36.5. The number of aliphatic hydroxyl groups is 2. The smallest absolute Gasteiger partial charge is 0.331 e. The molecule has 3 heterocycles. The van der Waals surface area contributed by atoms with Crippen molar-refractivity contribution in [3.8, 4) is 0 Å². The molecule has 18 atom stereocenters. The summed E-state index contributed by atoms with van der Waals surface area (Å²) in [5.41, 5.74) is -3.84. The molecule has 0 saturated carbocycles. The minimum Gasteiger partial charge on any atom is -0.459 e. The van der Waals surface area contributed by atoms with Crippen molar-refractivity contribution in [2.24, 2.45) is 28.8 Å². The Bertz CT molecular complexity index is 1910. The maximum Gasteiger partial charge on any atom is 0.331 e. The van der Waals surface area contributed by atoms with Crippen molar-refractivity contribution < 1.29 is 81.3 Å². The first-order valence-corrected chi connectivity index (χ1v) is 28.9. The van der Waals surface area contributed by atoms with Crippen LogP contribution < -0.4 is 0 Å². The fraction of sp³-hybridized carbons (Fsp3) is 0.868. The van der Waals surface area contributed by atoms with Crippen molar-refractivity contribution in [3.05, 3.63) is 12.2 Å². The van der Waals surface area contributed by atoms with Crippen molar-refractivity contribution in [2.45, 2.75) is 239 Å². The summed E-state index contributed by atoms with van der Waals surface area (Å²) in [6.07, 6.45) is -9.65. The third-order valence-electron chi connectivity index (χ3n) is 15.7. The van der Waals surface area contributed by atoms with Crippen molar-refractivity contribution in [1.82, 2.24) is 4.90 Å². The predicted octanol–water partition coefficient (Wildman–Crippen LogP) is 6.88. The van der Waals surface area contributed by atoms with E-state index in [2.05, 4.69) is 45.6 Å². The van der Waals surface area contributed by atoms with Crippen LogP contribution in [0.15, 0.2) is 17.3 Å². The van der Waals surface area contributed by atoms with E-state index in [-0.39, 0.29) is 55.4 Å². The Kier molecular flexibility index (Phi) is 22.9. The van der Waals surface area contributed by atoms with Crippen LogP contribution >= 0.6 is 0 Å². The number of likely N-dealkylation sites (N-methyl/N-ethyl adjacent to an activating group) is 1. The fourth-order valence-corrected chi connectivity index (χ4v) is 11.3. The molecule has 3 fully saturated rings. The summed E-state index contributed by atoms with van der Waals surface area (Å²) in [6, 6.07) is -0.358. The summed E-state index contributed by atoms with van der Waals surface area (Å²) in [7, 11) is 3.02. The molecule has 73 heavy (non-hydrogen) atoms. The summed E-state index contributed by atoms with van der Waals surface area (Å²) in [5.74, 6) is -6.27. The molecular weight excluding hydrogens is 965 g/mol. The molecule has 2 N–H and O–H groups in total. The van der Waals surface area contributed by atoms with E-state index in [1.807, 2.05) is 46.7 Å². The number of carbonyl (C=O) groups is 4. The molecule has 3 rings (SSSR count). The first kappa shape index (κ1) is 64.4. The summed E-state index contributed by atoms with van der Waals surface area (Å²) in [4.78, 5) is 59.9. The molecule has 0 bridgehead atoms. The minimum atomic E-state index is -2.26. The average molecular weight is 1060 g/mol. The number of hydrogen-bond acceptors (Lipinski definition) is 19. The zero-order chi connectivity index (χ0) is 55.9. The van der Waals surface area contributed by atoms with E-state index >= 15 is 0 Å². The van der Waals surface area contributed by atoms with Crippen LogP contribution in [0.4, 0.5) is 0 Å². The summed E-state index contributed by atoms with van der Waals surface area (Å²) in [5, 5.41) is 28.6. The second kappa shape index (κ2) is 26.0. The highest BCUT2D eigenvalue weighted by Crippen LogP contribution is 2.44. The molecule has 1 unspecified atom stereocenters. The van der Waals surface area contributed by atoms with E-state index in [9.17, 15) is 29.4 Å². The van der Waals surface area contributed by atoms with Crippen molar-refractivity contribution >= 4 is 37.9 Å². The molecule has 3 aliphatic heterocycles. The maximum atomic E-state index is 14.9. The van der Waals surface area contributed by atoms with Gasteiger partial charge in [-0.25, -0.2) is 4.79 Å². The molecule has 20 heteroatoms. The van der Waals surface area contributed by atoms with Crippen LogP contribution in [0.25, 0.3) is 0 Å². The van der Waals surface area contributed by atoms with Crippen LogP contribution in [-0.2, 0) is 71.1 Å². The monoisotopic (exact) mass is 1060 g/mol. The van der Waals surface area contributed by atoms with Gasteiger partial charge in [0.05, 0.1) is 67.0 Å². The van der Waals surface area contributed by atoms with Gasteiger partial charge in [0, 0.05) is 52.1 Å². The maximum absolute atomic E-state index is 14.9. The van der Waals surface area contributed by atoms with Crippen LogP contribution in [0.5, 0.6) is 0 Å². The lowest BCUT2D eigenvalue weighted by Gasteiger charge is -2.50. The molecule has 0 spiro atoms. The van der Waals surface area contributed by atoms with Gasteiger partial charge >= 0.3 is 23.9 Å². The van der Waals surface area contributed by atoms with Gasteiger partial charge in [-0.2, -0.15) is 0 Å². The number of oxime groups is 1. The normalized spacial score (nSPS) is 39.0. The standard InChI is InChI=1S/C53H94N2O17Si/c1-23-40-53(17,61)45(59)32(5)42(54-72-38(11)58)30(3)25-52(16,63-27-29(2)28-64-73(21,22)50(12,13)14)46(71-49-44(67-36(9)56)39(55(18)19)24-31(4)65-49)33(6)43(34(7)48(60)69-40)70-41-26-51(15,62-20)47(35(8)66-41)68-37(10)57/h30-35,39-41,43-47,49,59,61H,2,23-28H2,1,3-22H3/b54-42+/t30-,31-,32+,33+,34-,35+,39+,40-,41?,43+,44-,45-,46-,47+,49+,51-,52-,53-/m1/s1. The van der Waals surface area contributed by atoms with E-state index in [1.165, 1.54) is 34.8 Å². The Morgan fingerprint density at radius 3 is 1.99 bits per heavy atom. The number of hydrogen-bond donors (Lipinski definition) is 2. The largest absolute Gasteiger partial charge is 0.459 e. The quantitative estimate of drug-likeness (QED) is 0.0401. The highest BCUT2D eigenvalue weighted by molar-refractivity contribution is 6.74. The Morgan fingerprint density at radius 2 is 1.47 bits per heavy atom. The van der Waals surface area contributed by atoms with Gasteiger partial charge in [0.15, 0.2) is 33.1 Å². The molecule has 3 aliphatic rings. The van der Waals surface area contributed by atoms with Crippen molar-refractivity contribution in [1.29, 1.82) is 0 Å². The number of ether oxygens (including phenoxy) is 9. The van der Waals surface area contributed by atoms with Gasteiger partial charge in [-0.15, -0.1) is 0 Å². The second-order valence-corrected chi connectivity index (χ2v) is 28.2. The molecule has 19 nitrogen and oxygen atoms in total. The Morgan fingerprint density at radius 1 is 0.863 bits per heavy atom. The Balaban J connectivity index is 2.48. The molecule has 0 aromatic rings. The topological polar surface area (TPSA) is 226 Å². The number of rotatable bonds is 16. The summed E-state index contributed by atoms with van der Waals surface area (Å²) < 4.78 is 65.3. The lowest BCUT2D eigenvalue weighted by atomic mass is 9.73. The molecule has 0 aromatic carbocycles. The number of nitrogens with zero attached hydrogens (tertiary/aromatic N) is 2. The molecular formula is C53H94N2O17Si. The fourth-order valence-electron chi connectivity index (χ4n) is 10.3. The van der Waals surface area contributed by atoms with E-state index in [4.69, 9.17) is 51.9 Å². The second-order valence-electron chi connectivity index (χ2n) is 23.4.